The topological polar surface area (TPSA) is 46.3 Å². The second-order valence-electron chi connectivity index (χ2n) is 4.15. The van der Waals surface area contributed by atoms with E-state index in [0.717, 1.165) is 12.0 Å². The van der Waals surface area contributed by atoms with E-state index in [1.807, 2.05) is 0 Å². The van der Waals surface area contributed by atoms with Crippen LogP contribution in [0.1, 0.15) is 25.0 Å². The van der Waals surface area contributed by atoms with Crippen LogP contribution in [0.15, 0.2) is 24.3 Å². The summed E-state index contributed by atoms with van der Waals surface area (Å²) in [6.45, 7) is 4.45. The van der Waals surface area contributed by atoms with Crippen LogP contribution in [0.25, 0.3) is 0 Å². The van der Waals surface area contributed by atoms with Crippen molar-refractivity contribution in [3.63, 3.8) is 0 Å². The lowest BCUT2D eigenvalue weighted by molar-refractivity contribution is -0.131. The number of nitrogens with two attached hydrogens (primary N) is 1. The maximum Gasteiger partial charge on any atom is 0.239 e. The fourth-order valence-electron chi connectivity index (χ4n) is 1.58. The lowest BCUT2D eigenvalue weighted by Crippen LogP contribution is -2.39. The number of aryl methyl sites for hydroxylation is 1. The number of hydrogen-bond acceptors (Lipinski definition) is 2. The third kappa shape index (κ3) is 4.75. The Morgan fingerprint density at radius 3 is 2.18 bits per heavy atom. The molecule has 3 nitrogen and oxygen atoms in total. The molecular weight excluding hydrogens is 236 g/mol. The highest BCUT2D eigenvalue weighted by Gasteiger charge is 2.13. The van der Waals surface area contributed by atoms with Gasteiger partial charge in [0.05, 0.1) is 6.04 Å². The van der Waals surface area contributed by atoms with Crippen LogP contribution < -0.4 is 5.73 Å². The van der Waals surface area contributed by atoms with E-state index in [1.165, 1.54) is 5.56 Å². The van der Waals surface area contributed by atoms with E-state index < -0.39 is 6.04 Å². The lowest BCUT2D eigenvalue weighted by Gasteiger charge is -2.19. The predicted octanol–water partition coefficient (Wildman–Crippen LogP) is 1.98. The van der Waals surface area contributed by atoms with E-state index in [2.05, 4.69) is 31.2 Å². The van der Waals surface area contributed by atoms with Crippen molar-refractivity contribution < 1.29 is 4.79 Å². The molecule has 2 N–H and O–H groups in total. The molecule has 0 aliphatic heterocycles. The molecule has 4 heteroatoms. The van der Waals surface area contributed by atoms with E-state index in [-0.39, 0.29) is 18.3 Å². The summed E-state index contributed by atoms with van der Waals surface area (Å²) in [6.07, 6.45) is 1.04. The van der Waals surface area contributed by atoms with Gasteiger partial charge >= 0.3 is 0 Å². The number of hydrogen-bond donors (Lipinski definition) is 1. The highest BCUT2D eigenvalue weighted by atomic mass is 35.5. The van der Waals surface area contributed by atoms with Gasteiger partial charge in [0.1, 0.15) is 0 Å². The van der Waals surface area contributed by atoms with Gasteiger partial charge in [-0.05, 0) is 24.5 Å². The Hall–Kier alpha value is -1.06. The SMILES string of the molecule is CCc1ccc(CN(C)C(=O)[C@H](C)N)cc1.Cl. The minimum Gasteiger partial charge on any atom is -0.340 e. The molecule has 0 saturated carbocycles. The third-order valence-corrected chi connectivity index (χ3v) is 2.62. The molecular formula is C13H21ClN2O. The number of carbonyl (C=O) groups is 1. The molecule has 0 aromatic heterocycles. The second kappa shape index (κ2) is 7.30. The van der Waals surface area contributed by atoms with Crippen molar-refractivity contribution in [1.82, 2.24) is 4.90 Å². The largest absolute Gasteiger partial charge is 0.340 e. The number of nitrogens with zero attached hydrogens (tertiary/aromatic N) is 1. The zero-order valence-electron chi connectivity index (χ0n) is 10.6. The summed E-state index contributed by atoms with van der Waals surface area (Å²) >= 11 is 0. The van der Waals surface area contributed by atoms with Crippen molar-refractivity contribution in [2.75, 3.05) is 7.05 Å². The van der Waals surface area contributed by atoms with Crippen molar-refractivity contribution in [3.8, 4) is 0 Å². The van der Waals surface area contributed by atoms with E-state index in [4.69, 9.17) is 5.73 Å². The fourth-order valence-corrected chi connectivity index (χ4v) is 1.58. The highest BCUT2D eigenvalue weighted by molar-refractivity contribution is 5.85. The Labute approximate surface area is 109 Å². The lowest BCUT2D eigenvalue weighted by atomic mass is 10.1. The second-order valence-corrected chi connectivity index (χ2v) is 4.15. The summed E-state index contributed by atoms with van der Waals surface area (Å²) < 4.78 is 0. The quantitative estimate of drug-likeness (QED) is 0.896. The molecule has 0 spiro atoms. The van der Waals surface area contributed by atoms with Gasteiger partial charge in [-0.2, -0.15) is 0 Å². The first-order chi connectivity index (χ1) is 7.54. The Bertz CT molecular complexity index is 349. The van der Waals surface area contributed by atoms with Gasteiger partial charge < -0.3 is 10.6 Å². The molecule has 17 heavy (non-hydrogen) atoms. The molecule has 0 unspecified atom stereocenters. The van der Waals surface area contributed by atoms with E-state index in [1.54, 1.807) is 18.9 Å². The predicted molar refractivity (Wildman–Crippen MR) is 73.2 cm³/mol. The summed E-state index contributed by atoms with van der Waals surface area (Å²) in [7, 11) is 1.78. The molecule has 0 bridgehead atoms. The monoisotopic (exact) mass is 256 g/mol. The molecule has 1 rings (SSSR count). The number of rotatable bonds is 4. The van der Waals surface area contributed by atoms with Crippen molar-refractivity contribution in [3.05, 3.63) is 35.4 Å². The first-order valence-electron chi connectivity index (χ1n) is 5.63. The molecule has 0 aliphatic carbocycles. The van der Waals surface area contributed by atoms with E-state index in [0.29, 0.717) is 6.54 Å². The van der Waals surface area contributed by atoms with Crippen LogP contribution >= 0.6 is 12.4 Å². The average Bonchev–Trinajstić information content (AvgIpc) is 2.28. The number of halogens is 1. The molecule has 0 radical (unpaired) electrons. The average molecular weight is 257 g/mol. The highest BCUT2D eigenvalue weighted by Crippen LogP contribution is 2.07. The van der Waals surface area contributed by atoms with Gasteiger partial charge in [-0.15, -0.1) is 12.4 Å². The maximum absolute atomic E-state index is 11.6. The van der Waals surface area contributed by atoms with E-state index >= 15 is 0 Å². The summed E-state index contributed by atoms with van der Waals surface area (Å²) in [5.74, 6) is -0.0282. The van der Waals surface area contributed by atoms with Gasteiger partial charge in [-0.1, -0.05) is 31.2 Å². The van der Waals surface area contributed by atoms with Crippen molar-refractivity contribution in [2.45, 2.75) is 32.9 Å². The van der Waals surface area contributed by atoms with E-state index in [9.17, 15) is 4.79 Å². The van der Waals surface area contributed by atoms with Crippen LogP contribution in [0.5, 0.6) is 0 Å². The summed E-state index contributed by atoms with van der Waals surface area (Å²) in [6, 6.07) is 7.88. The molecule has 1 aromatic rings. The molecule has 0 fully saturated rings. The van der Waals surface area contributed by atoms with Crippen LogP contribution in [-0.2, 0) is 17.8 Å². The smallest absolute Gasteiger partial charge is 0.239 e. The Morgan fingerprint density at radius 1 is 1.29 bits per heavy atom. The minimum absolute atomic E-state index is 0. The normalized spacial score (nSPS) is 11.5. The summed E-state index contributed by atoms with van der Waals surface area (Å²) in [5.41, 5.74) is 7.99. The zero-order valence-corrected chi connectivity index (χ0v) is 11.5. The first-order valence-corrected chi connectivity index (χ1v) is 5.63. The van der Waals surface area contributed by atoms with Gasteiger partial charge in [-0.25, -0.2) is 0 Å². The molecule has 0 saturated heterocycles. The standard InChI is InChI=1S/C13H20N2O.ClH/c1-4-11-5-7-12(8-6-11)9-15(3)13(16)10(2)14;/h5-8,10H,4,9,14H2,1-3H3;1H/t10-;/m0./s1. The van der Waals surface area contributed by atoms with Gasteiger partial charge in [0.15, 0.2) is 0 Å². The minimum atomic E-state index is -0.431. The van der Waals surface area contributed by atoms with Crippen LogP contribution in [0.2, 0.25) is 0 Å². The van der Waals surface area contributed by atoms with Gasteiger partial charge in [-0.3, -0.25) is 4.79 Å². The summed E-state index contributed by atoms with van der Waals surface area (Å²) in [4.78, 5) is 13.2. The Morgan fingerprint density at radius 2 is 1.76 bits per heavy atom. The van der Waals surface area contributed by atoms with Crippen LogP contribution in [0.4, 0.5) is 0 Å². The third-order valence-electron chi connectivity index (χ3n) is 2.62. The molecule has 1 aromatic carbocycles. The van der Waals surface area contributed by atoms with Crippen molar-refractivity contribution >= 4 is 18.3 Å². The van der Waals surface area contributed by atoms with Crippen molar-refractivity contribution in [2.24, 2.45) is 5.73 Å². The number of likely N-dealkylation sites (N-methyl/N-ethyl adjacent to an activating group) is 1. The molecule has 96 valence electrons. The van der Waals surface area contributed by atoms with Gasteiger partial charge in [0, 0.05) is 13.6 Å². The number of carbonyl (C=O) groups excluding carboxylic acids is 1. The fraction of sp³-hybridized carbons (Fsp3) is 0.462. The van der Waals surface area contributed by atoms with Crippen LogP contribution in [-0.4, -0.2) is 23.9 Å². The first kappa shape index (κ1) is 15.9. The molecule has 1 atom stereocenters. The Kier molecular flexibility index (Phi) is 6.85. The van der Waals surface area contributed by atoms with Gasteiger partial charge in [0.25, 0.3) is 0 Å². The van der Waals surface area contributed by atoms with Crippen molar-refractivity contribution in [1.29, 1.82) is 0 Å². The number of benzene rings is 1. The number of amides is 1. The van der Waals surface area contributed by atoms with Crippen LogP contribution in [0, 0.1) is 0 Å². The molecule has 1 amide bonds. The zero-order chi connectivity index (χ0) is 12.1. The Balaban J connectivity index is 0.00000256. The summed E-state index contributed by atoms with van der Waals surface area (Å²) in [5, 5.41) is 0. The molecule has 0 heterocycles. The molecule has 0 aliphatic rings. The van der Waals surface area contributed by atoms with Gasteiger partial charge in [0.2, 0.25) is 5.91 Å². The van der Waals surface area contributed by atoms with Crippen LogP contribution in [0.3, 0.4) is 0 Å². The maximum atomic E-state index is 11.6.